The Kier molecular flexibility index (Phi) is 7.63. The molecule has 0 saturated heterocycles. The van der Waals surface area contributed by atoms with Gasteiger partial charge >= 0.3 is 0 Å². The van der Waals surface area contributed by atoms with Gasteiger partial charge < -0.3 is 25.1 Å². The van der Waals surface area contributed by atoms with Gasteiger partial charge in [0, 0.05) is 49.1 Å². The van der Waals surface area contributed by atoms with Crippen molar-refractivity contribution in [2.45, 2.75) is 19.3 Å². The summed E-state index contributed by atoms with van der Waals surface area (Å²) in [4.78, 5) is 12.9. The number of methoxy groups -OCH3 is 2. The van der Waals surface area contributed by atoms with E-state index >= 15 is 0 Å². The van der Waals surface area contributed by atoms with Crippen LogP contribution in [-0.2, 0) is 10.2 Å². The maximum atomic E-state index is 5.41. The van der Waals surface area contributed by atoms with E-state index in [0.29, 0.717) is 24.8 Å². The van der Waals surface area contributed by atoms with Gasteiger partial charge in [0.25, 0.3) is 0 Å². The number of aromatic nitrogens is 3. The first-order valence-electron chi connectivity index (χ1n) is 11.5. The Morgan fingerprint density at radius 1 is 0.971 bits per heavy atom. The lowest BCUT2D eigenvalue weighted by Gasteiger charge is -2.23. The van der Waals surface area contributed by atoms with Crippen molar-refractivity contribution < 1.29 is 9.47 Å². The van der Waals surface area contributed by atoms with Gasteiger partial charge in [-0.25, -0.2) is 4.98 Å². The summed E-state index contributed by atoms with van der Waals surface area (Å²) in [6.45, 7) is 6.16. The normalized spacial score (nSPS) is 11.4. The Morgan fingerprint density at radius 3 is 2.46 bits per heavy atom. The van der Waals surface area contributed by atoms with E-state index in [0.717, 1.165) is 44.9 Å². The van der Waals surface area contributed by atoms with E-state index < -0.39 is 0 Å². The Morgan fingerprint density at radius 2 is 1.71 bits per heavy atom. The minimum atomic E-state index is -0.308. The van der Waals surface area contributed by atoms with Gasteiger partial charge in [-0.15, -0.1) is 0 Å². The second-order valence-corrected chi connectivity index (χ2v) is 9.37. The van der Waals surface area contributed by atoms with Crippen molar-refractivity contribution >= 4 is 28.1 Å². The molecule has 182 valence electrons. The molecule has 4 rings (SSSR count). The number of hydrogen-bond acceptors (Lipinski definition) is 5. The van der Waals surface area contributed by atoms with Crippen molar-refractivity contribution in [3.8, 4) is 28.3 Å². The number of imidazole rings is 1. The summed E-state index contributed by atoms with van der Waals surface area (Å²) < 4.78 is 10.4. The zero-order valence-electron chi connectivity index (χ0n) is 20.5. The highest BCUT2D eigenvalue weighted by molar-refractivity contribution is 7.80. The van der Waals surface area contributed by atoms with Crippen LogP contribution in [0.25, 0.3) is 33.3 Å². The fraction of sp³-hybridized carbons (Fsp3) is 0.296. The highest BCUT2D eigenvalue weighted by Crippen LogP contribution is 2.35. The van der Waals surface area contributed by atoms with Gasteiger partial charge in [-0.1, -0.05) is 32.0 Å². The van der Waals surface area contributed by atoms with E-state index in [4.69, 9.17) is 26.7 Å². The largest absolute Gasteiger partial charge is 0.497 e. The van der Waals surface area contributed by atoms with Gasteiger partial charge in [0.1, 0.15) is 11.6 Å². The lowest BCUT2D eigenvalue weighted by Crippen LogP contribution is -2.43. The molecule has 0 aliphatic rings. The predicted molar refractivity (Wildman–Crippen MR) is 145 cm³/mol. The minimum absolute atomic E-state index is 0.308. The number of nitrogens with one attached hydrogen (secondary N) is 3. The third-order valence-corrected chi connectivity index (χ3v) is 6.21. The summed E-state index contributed by atoms with van der Waals surface area (Å²) in [6, 6.07) is 16.4. The Balaban J connectivity index is 1.68. The summed E-state index contributed by atoms with van der Waals surface area (Å²) in [6.07, 6.45) is 3.59. The summed E-state index contributed by atoms with van der Waals surface area (Å²) in [5.41, 5.74) is 3.63. The van der Waals surface area contributed by atoms with Gasteiger partial charge in [0.05, 0.1) is 25.1 Å². The third kappa shape index (κ3) is 5.78. The molecule has 0 amide bonds. The lowest BCUT2D eigenvalue weighted by molar-refractivity contribution is 0.204. The molecule has 2 aromatic heterocycles. The molecule has 7 nitrogen and oxygen atoms in total. The van der Waals surface area contributed by atoms with E-state index in [9.17, 15) is 0 Å². The molecule has 0 aliphatic heterocycles. The standard InChI is InChI=1S/C27H31N5O2S/c1-27(2,17-30-26(35)29-13-14-33-3)25-31-23(18-9-11-28-12-10-18)24(32-25)21-6-5-20-16-22(34-4)8-7-19(20)15-21/h5-12,15-16H,13-14,17H2,1-4H3,(H,31,32)(H2,29,30,35). The number of H-pyrrole nitrogens is 1. The molecule has 3 N–H and O–H groups in total. The average molecular weight is 490 g/mol. The van der Waals surface area contributed by atoms with E-state index in [2.05, 4.69) is 58.7 Å². The molecular weight excluding hydrogens is 458 g/mol. The number of nitrogens with zero attached hydrogens (tertiary/aromatic N) is 2. The molecule has 0 spiro atoms. The van der Waals surface area contributed by atoms with Crippen LogP contribution in [0.1, 0.15) is 19.7 Å². The van der Waals surface area contributed by atoms with Crippen molar-refractivity contribution in [3.05, 3.63) is 66.7 Å². The van der Waals surface area contributed by atoms with E-state index in [1.54, 1.807) is 26.6 Å². The van der Waals surface area contributed by atoms with Crippen LogP contribution in [0.2, 0.25) is 0 Å². The number of rotatable bonds is 9. The Hall–Kier alpha value is -3.49. The molecule has 8 heteroatoms. The fourth-order valence-electron chi connectivity index (χ4n) is 3.84. The van der Waals surface area contributed by atoms with Crippen LogP contribution < -0.4 is 15.4 Å². The first kappa shape index (κ1) is 24.6. The van der Waals surface area contributed by atoms with Gasteiger partial charge in [-0.05, 0) is 53.3 Å². The highest BCUT2D eigenvalue weighted by Gasteiger charge is 2.27. The predicted octanol–water partition coefficient (Wildman–Crippen LogP) is 4.69. The second kappa shape index (κ2) is 10.8. The fourth-order valence-corrected chi connectivity index (χ4v) is 4.02. The first-order valence-corrected chi connectivity index (χ1v) is 11.9. The van der Waals surface area contributed by atoms with Crippen LogP contribution >= 0.6 is 12.2 Å². The van der Waals surface area contributed by atoms with Crippen molar-refractivity contribution in [3.63, 3.8) is 0 Å². The lowest BCUT2D eigenvalue weighted by atomic mass is 9.92. The second-order valence-electron chi connectivity index (χ2n) is 8.96. The summed E-state index contributed by atoms with van der Waals surface area (Å²) >= 11 is 5.41. The number of benzene rings is 2. The average Bonchev–Trinajstić information content (AvgIpc) is 3.34. The molecule has 0 fully saturated rings. The molecule has 2 aromatic carbocycles. The molecule has 0 saturated carbocycles. The smallest absolute Gasteiger partial charge is 0.166 e. The van der Waals surface area contributed by atoms with Crippen LogP contribution in [0.5, 0.6) is 5.75 Å². The minimum Gasteiger partial charge on any atom is -0.497 e. The van der Waals surface area contributed by atoms with Crippen LogP contribution in [0, 0.1) is 0 Å². The van der Waals surface area contributed by atoms with Crippen molar-refractivity contribution in [2.24, 2.45) is 0 Å². The molecule has 0 bridgehead atoms. The van der Waals surface area contributed by atoms with Crippen molar-refractivity contribution in [1.82, 2.24) is 25.6 Å². The van der Waals surface area contributed by atoms with Gasteiger partial charge in [0.15, 0.2) is 5.11 Å². The number of aromatic amines is 1. The third-order valence-electron chi connectivity index (χ3n) is 5.92. The van der Waals surface area contributed by atoms with Gasteiger partial charge in [0.2, 0.25) is 0 Å². The SMILES string of the molecule is COCCNC(=S)NCC(C)(C)c1nc(-c2ccc3cc(OC)ccc3c2)c(-c2ccncc2)[nH]1. The zero-order valence-corrected chi connectivity index (χ0v) is 21.3. The summed E-state index contributed by atoms with van der Waals surface area (Å²) in [5, 5.41) is 9.30. The topological polar surface area (TPSA) is 84.1 Å². The Labute approximate surface area is 211 Å². The molecule has 2 heterocycles. The van der Waals surface area contributed by atoms with Gasteiger partial charge in [-0.3, -0.25) is 4.98 Å². The van der Waals surface area contributed by atoms with Crippen LogP contribution in [0.4, 0.5) is 0 Å². The molecule has 35 heavy (non-hydrogen) atoms. The van der Waals surface area contributed by atoms with E-state index in [1.165, 1.54) is 0 Å². The Bertz CT molecular complexity index is 1300. The number of pyridine rings is 1. The number of ether oxygens (including phenoxy) is 2. The zero-order chi connectivity index (χ0) is 24.8. The van der Waals surface area contributed by atoms with Crippen molar-refractivity contribution in [1.29, 1.82) is 0 Å². The quantitative estimate of drug-likeness (QED) is 0.232. The highest BCUT2D eigenvalue weighted by atomic mass is 32.1. The maximum absolute atomic E-state index is 5.41. The molecule has 0 atom stereocenters. The molecule has 0 aliphatic carbocycles. The van der Waals surface area contributed by atoms with Gasteiger partial charge in [-0.2, -0.15) is 0 Å². The number of hydrogen-bond donors (Lipinski definition) is 3. The monoisotopic (exact) mass is 489 g/mol. The summed E-state index contributed by atoms with van der Waals surface area (Å²) in [5.74, 6) is 1.72. The van der Waals surface area contributed by atoms with Crippen LogP contribution in [0.3, 0.4) is 0 Å². The molecule has 0 unspecified atom stereocenters. The van der Waals surface area contributed by atoms with E-state index in [1.807, 2.05) is 24.3 Å². The molecular formula is C27H31N5O2S. The molecule has 0 radical (unpaired) electrons. The van der Waals surface area contributed by atoms with Crippen LogP contribution in [-0.4, -0.2) is 54.0 Å². The maximum Gasteiger partial charge on any atom is 0.166 e. The van der Waals surface area contributed by atoms with E-state index in [-0.39, 0.29) is 5.41 Å². The van der Waals surface area contributed by atoms with Crippen LogP contribution in [0.15, 0.2) is 60.9 Å². The number of fused-ring (bicyclic) bond motifs is 1. The number of thiocarbonyl (C=S) groups is 1. The first-order chi connectivity index (χ1) is 16.9. The summed E-state index contributed by atoms with van der Waals surface area (Å²) in [7, 11) is 3.35. The van der Waals surface area contributed by atoms with Crippen molar-refractivity contribution in [2.75, 3.05) is 33.9 Å². The molecule has 4 aromatic rings.